The lowest BCUT2D eigenvalue weighted by molar-refractivity contribution is 0.0696. The normalized spacial score (nSPS) is 16.0. The summed E-state index contributed by atoms with van der Waals surface area (Å²) in [6, 6.07) is 22.6. The van der Waals surface area contributed by atoms with Crippen molar-refractivity contribution < 1.29 is 14.7 Å². The number of aromatic carboxylic acids is 1. The highest BCUT2D eigenvalue weighted by molar-refractivity contribution is 6.06. The van der Waals surface area contributed by atoms with Gasteiger partial charge in [-0.15, -0.1) is 0 Å². The van der Waals surface area contributed by atoms with Gasteiger partial charge in [-0.05, 0) is 61.9 Å². The Kier molecular flexibility index (Phi) is 6.12. The maximum Gasteiger partial charge on any atom is 0.335 e. The van der Waals surface area contributed by atoms with E-state index in [1.807, 2.05) is 6.07 Å². The van der Waals surface area contributed by atoms with Crippen molar-refractivity contribution in [3.05, 3.63) is 89.5 Å². The number of piperazine rings is 1. The van der Waals surface area contributed by atoms with Gasteiger partial charge in [0.15, 0.2) is 0 Å². The molecule has 1 amide bonds. The van der Waals surface area contributed by atoms with Crippen LogP contribution in [0.1, 0.15) is 33.2 Å². The highest BCUT2D eigenvalue weighted by Crippen LogP contribution is 2.31. The van der Waals surface area contributed by atoms with E-state index in [1.54, 1.807) is 36.4 Å². The van der Waals surface area contributed by atoms with Gasteiger partial charge < -0.3 is 20.2 Å². The Morgan fingerprint density at radius 2 is 1.72 bits per heavy atom. The fourth-order valence-electron chi connectivity index (χ4n) is 4.20. The summed E-state index contributed by atoms with van der Waals surface area (Å²) >= 11 is 0. The van der Waals surface area contributed by atoms with Gasteiger partial charge in [0.1, 0.15) is 0 Å². The fraction of sp³-hybridized carbons (Fsp3) is 0.231. The van der Waals surface area contributed by atoms with Crippen LogP contribution < -0.4 is 15.1 Å². The van der Waals surface area contributed by atoms with Crippen molar-refractivity contribution in [2.45, 2.75) is 19.9 Å². The molecule has 0 aliphatic carbocycles. The van der Waals surface area contributed by atoms with Gasteiger partial charge in [-0.25, -0.2) is 4.79 Å². The van der Waals surface area contributed by atoms with Crippen molar-refractivity contribution in [2.24, 2.45) is 0 Å². The number of hydrogen-bond donors (Lipinski definition) is 2. The number of hydrogen-bond acceptors (Lipinski definition) is 4. The Morgan fingerprint density at radius 1 is 0.938 bits per heavy atom. The first-order valence-corrected chi connectivity index (χ1v) is 10.7. The van der Waals surface area contributed by atoms with Gasteiger partial charge in [-0.2, -0.15) is 0 Å². The molecule has 6 heteroatoms. The van der Waals surface area contributed by atoms with Gasteiger partial charge in [0.05, 0.1) is 16.9 Å². The number of rotatable bonds is 5. The molecule has 2 N–H and O–H groups in total. The number of anilines is 3. The van der Waals surface area contributed by atoms with Crippen LogP contribution >= 0.6 is 0 Å². The number of nitrogens with zero attached hydrogens (tertiary/aromatic N) is 2. The topological polar surface area (TPSA) is 72.9 Å². The summed E-state index contributed by atoms with van der Waals surface area (Å²) < 4.78 is 0. The van der Waals surface area contributed by atoms with Crippen molar-refractivity contribution in [3.8, 4) is 0 Å². The number of carbonyl (C=O) groups excluding carboxylic acids is 1. The van der Waals surface area contributed by atoms with Crippen LogP contribution in [0.2, 0.25) is 0 Å². The number of benzene rings is 3. The lowest BCUT2D eigenvalue weighted by atomic mass is 10.1. The van der Waals surface area contributed by atoms with E-state index in [0.29, 0.717) is 11.3 Å². The van der Waals surface area contributed by atoms with Gasteiger partial charge in [-0.1, -0.05) is 30.3 Å². The first kappa shape index (κ1) is 21.4. The maximum absolute atomic E-state index is 12.8. The number of carboxylic acids is 1. The third-order valence-corrected chi connectivity index (χ3v) is 5.83. The summed E-state index contributed by atoms with van der Waals surface area (Å²) in [7, 11) is 0. The highest BCUT2D eigenvalue weighted by atomic mass is 16.4. The van der Waals surface area contributed by atoms with E-state index in [2.05, 4.69) is 53.2 Å². The van der Waals surface area contributed by atoms with Gasteiger partial charge in [0.2, 0.25) is 0 Å². The molecule has 0 bridgehead atoms. The third-order valence-electron chi connectivity index (χ3n) is 5.83. The second-order valence-electron chi connectivity index (χ2n) is 8.18. The molecule has 1 heterocycles. The van der Waals surface area contributed by atoms with Gasteiger partial charge in [0.25, 0.3) is 5.91 Å². The molecule has 32 heavy (non-hydrogen) atoms. The molecule has 4 rings (SSSR count). The first-order chi connectivity index (χ1) is 15.4. The first-order valence-electron chi connectivity index (χ1n) is 10.7. The molecule has 3 aromatic carbocycles. The number of nitrogens with one attached hydrogen (secondary N) is 1. The minimum absolute atomic E-state index is 0.142. The minimum atomic E-state index is -1.02. The lowest BCUT2D eigenvalue weighted by Crippen LogP contribution is -2.52. The molecule has 0 aromatic heterocycles. The zero-order valence-corrected chi connectivity index (χ0v) is 18.3. The summed E-state index contributed by atoms with van der Waals surface area (Å²) in [6.07, 6.45) is 0. The molecule has 6 nitrogen and oxygen atoms in total. The van der Waals surface area contributed by atoms with Crippen molar-refractivity contribution in [3.63, 3.8) is 0 Å². The van der Waals surface area contributed by atoms with E-state index in [1.165, 1.54) is 17.3 Å². The SMILES string of the molecule is Cc1cccc(N2CCN(c3ccc(C(=O)O)cc3NC(=O)c3ccccc3)C[C@H]2C)c1. The molecule has 1 aliphatic rings. The van der Waals surface area contributed by atoms with Crippen molar-refractivity contribution >= 4 is 28.9 Å². The number of carboxylic acid groups (broad SMARTS) is 1. The van der Waals surface area contributed by atoms with Crippen molar-refractivity contribution in [2.75, 3.05) is 34.8 Å². The van der Waals surface area contributed by atoms with Crippen LogP contribution in [0.25, 0.3) is 0 Å². The van der Waals surface area contributed by atoms with Crippen molar-refractivity contribution in [1.82, 2.24) is 0 Å². The zero-order valence-electron chi connectivity index (χ0n) is 18.3. The smallest absolute Gasteiger partial charge is 0.335 e. The molecule has 164 valence electrons. The van der Waals surface area contributed by atoms with Gasteiger partial charge >= 0.3 is 5.97 Å². The van der Waals surface area contributed by atoms with Crippen LogP contribution in [-0.4, -0.2) is 42.7 Å². The standard InChI is InChI=1S/C26H27N3O3/c1-18-7-6-10-22(15-18)29-14-13-28(17-19(29)2)24-12-11-21(26(31)32)16-23(24)27-25(30)20-8-4-3-5-9-20/h3-12,15-16,19H,13-14,17H2,1-2H3,(H,27,30)(H,31,32)/t19-/m1/s1. The van der Waals surface area contributed by atoms with E-state index in [4.69, 9.17) is 0 Å². The van der Waals surface area contributed by atoms with E-state index >= 15 is 0 Å². The Bertz CT molecular complexity index is 1130. The summed E-state index contributed by atoms with van der Waals surface area (Å²) in [6.45, 7) is 6.63. The fourth-order valence-corrected chi connectivity index (χ4v) is 4.20. The predicted molar refractivity (Wildman–Crippen MR) is 128 cm³/mol. The largest absolute Gasteiger partial charge is 0.478 e. The van der Waals surface area contributed by atoms with Gasteiger partial charge in [-0.3, -0.25) is 4.79 Å². The van der Waals surface area contributed by atoms with E-state index in [9.17, 15) is 14.7 Å². The molecule has 1 fully saturated rings. The molecular formula is C26H27N3O3. The maximum atomic E-state index is 12.8. The zero-order chi connectivity index (χ0) is 22.7. The number of aryl methyl sites for hydroxylation is 1. The monoisotopic (exact) mass is 429 g/mol. The molecule has 0 radical (unpaired) electrons. The van der Waals surface area contributed by atoms with Crippen LogP contribution in [0, 0.1) is 6.92 Å². The van der Waals surface area contributed by atoms with E-state index in [0.717, 1.165) is 25.3 Å². The molecule has 1 saturated heterocycles. The number of carbonyl (C=O) groups is 2. The molecule has 0 spiro atoms. The summed E-state index contributed by atoms with van der Waals surface area (Å²) in [5.41, 5.74) is 4.44. The third kappa shape index (κ3) is 4.59. The molecule has 1 aliphatic heterocycles. The summed E-state index contributed by atoms with van der Waals surface area (Å²) in [4.78, 5) is 28.9. The van der Waals surface area contributed by atoms with Gasteiger partial charge in [0, 0.05) is 36.9 Å². The molecule has 0 saturated carbocycles. The summed E-state index contributed by atoms with van der Waals surface area (Å²) in [5, 5.41) is 12.4. The second kappa shape index (κ2) is 9.14. The van der Waals surface area contributed by atoms with Crippen LogP contribution in [0.4, 0.5) is 17.1 Å². The Hall–Kier alpha value is -3.80. The van der Waals surface area contributed by atoms with Crippen LogP contribution in [0.15, 0.2) is 72.8 Å². The summed E-state index contributed by atoms with van der Waals surface area (Å²) in [5.74, 6) is -1.29. The van der Waals surface area contributed by atoms with Crippen LogP contribution in [-0.2, 0) is 0 Å². The molecular weight excluding hydrogens is 402 g/mol. The number of amides is 1. The van der Waals surface area contributed by atoms with Crippen LogP contribution in [0.3, 0.4) is 0 Å². The van der Waals surface area contributed by atoms with E-state index in [-0.39, 0.29) is 17.5 Å². The Balaban J connectivity index is 1.59. The predicted octanol–water partition coefficient (Wildman–Crippen LogP) is 4.66. The van der Waals surface area contributed by atoms with Crippen LogP contribution in [0.5, 0.6) is 0 Å². The van der Waals surface area contributed by atoms with Crippen molar-refractivity contribution in [1.29, 1.82) is 0 Å². The molecule has 1 atom stereocenters. The lowest BCUT2D eigenvalue weighted by Gasteiger charge is -2.43. The molecule has 3 aromatic rings. The van der Waals surface area contributed by atoms with E-state index < -0.39 is 5.97 Å². The average molecular weight is 430 g/mol. The Morgan fingerprint density at radius 3 is 2.41 bits per heavy atom. The minimum Gasteiger partial charge on any atom is -0.478 e. The highest BCUT2D eigenvalue weighted by Gasteiger charge is 2.26. The Labute approximate surface area is 188 Å². The molecule has 0 unspecified atom stereocenters. The quantitative estimate of drug-likeness (QED) is 0.617. The second-order valence-corrected chi connectivity index (χ2v) is 8.18. The average Bonchev–Trinajstić information content (AvgIpc) is 2.79.